The van der Waals surface area contributed by atoms with Crippen LogP contribution in [-0.4, -0.2) is 84.0 Å². The summed E-state index contributed by atoms with van der Waals surface area (Å²) in [6, 6.07) is 4.90. The van der Waals surface area contributed by atoms with Crippen molar-refractivity contribution in [1.29, 1.82) is 0 Å². The van der Waals surface area contributed by atoms with Gasteiger partial charge in [0, 0.05) is 27.2 Å². The van der Waals surface area contributed by atoms with Gasteiger partial charge >= 0.3 is 0 Å². The van der Waals surface area contributed by atoms with Crippen LogP contribution in [0.15, 0.2) is 23.1 Å². The first kappa shape index (κ1) is 20.6. The second-order valence-corrected chi connectivity index (χ2v) is 10.8. The van der Waals surface area contributed by atoms with Gasteiger partial charge < -0.3 is 4.90 Å². The topological polar surface area (TPSA) is 86.7 Å². The highest BCUT2D eigenvalue weighted by atomic mass is 32.2. The van der Waals surface area contributed by atoms with Crippen LogP contribution in [0.1, 0.15) is 25.7 Å². The molecule has 2 fully saturated rings. The molecule has 29 heavy (non-hydrogen) atoms. The zero-order chi connectivity index (χ0) is 20.8. The van der Waals surface area contributed by atoms with Crippen LogP contribution in [0.4, 0.5) is 0 Å². The van der Waals surface area contributed by atoms with Gasteiger partial charge in [-0.3, -0.25) is 9.69 Å². The molecular weight excluding hydrogens is 410 g/mol. The Labute approximate surface area is 175 Å². The van der Waals surface area contributed by atoms with Gasteiger partial charge in [0.2, 0.25) is 15.9 Å². The summed E-state index contributed by atoms with van der Waals surface area (Å²) in [5.41, 5.74) is 0.875. The van der Waals surface area contributed by atoms with Gasteiger partial charge in [0.05, 0.1) is 17.8 Å². The lowest BCUT2D eigenvalue weighted by atomic mass is 9.67. The molecule has 0 bridgehead atoms. The number of hydrogen-bond donors (Lipinski definition) is 0. The number of fused-ring (bicyclic) bond motifs is 1. The highest BCUT2D eigenvalue weighted by Gasteiger charge is 2.50. The van der Waals surface area contributed by atoms with Gasteiger partial charge in [-0.15, -0.1) is 0 Å². The van der Waals surface area contributed by atoms with E-state index in [4.69, 9.17) is 0 Å². The molecular formula is C19H27N5O3S2. The fraction of sp³-hybridized carbons (Fsp3) is 0.632. The molecule has 0 radical (unpaired) electrons. The molecule has 0 N–H and O–H groups in total. The highest BCUT2D eigenvalue weighted by Crippen LogP contribution is 2.45. The number of rotatable bonds is 3. The molecule has 2 aliphatic rings. The zero-order valence-electron chi connectivity index (χ0n) is 17.0. The van der Waals surface area contributed by atoms with E-state index in [1.165, 1.54) is 0 Å². The molecule has 3 heterocycles. The predicted molar refractivity (Wildman–Crippen MR) is 112 cm³/mol. The fourth-order valence-corrected chi connectivity index (χ4v) is 7.13. The van der Waals surface area contributed by atoms with E-state index >= 15 is 0 Å². The molecule has 0 aliphatic carbocycles. The first-order valence-corrected chi connectivity index (χ1v) is 12.1. The van der Waals surface area contributed by atoms with Crippen molar-refractivity contribution in [1.82, 2.24) is 22.9 Å². The number of amides is 1. The molecule has 1 amide bonds. The molecule has 4 rings (SSSR count). The Balaban J connectivity index is 1.60. The van der Waals surface area contributed by atoms with Gasteiger partial charge in [-0.05, 0) is 56.8 Å². The van der Waals surface area contributed by atoms with Crippen molar-refractivity contribution in [2.24, 2.45) is 5.41 Å². The summed E-state index contributed by atoms with van der Waals surface area (Å²) in [6.07, 6.45) is 3.36. The van der Waals surface area contributed by atoms with Crippen molar-refractivity contribution >= 4 is 38.7 Å². The molecule has 8 nitrogen and oxygen atoms in total. The van der Waals surface area contributed by atoms with E-state index < -0.39 is 10.0 Å². The molecule has 2 aliphatic heterocycles. The number of benzene rings is 1. The number of piperidine rings is 2. The number of nitrogens with zero attached hydrogens (tertiary/aromatic N) is 5. The lowest BCUT2D eigenvalue weighted by Crippen LogP contribution is -2.61. The molecule has 158 valence electrons. The van der Waals surface area contributed by atoms with Gasteiger partial charge in [0.25, 0.3) is 0 Å². The average molecular weight is 438 g/mol. The van der Waals surface area contributed by atoms with E-state index in [2.05, 4.69) is 13.6 Å². The normalized spacial score (nSPS) is 23.5. The number of hydrogen-bond acceptors (Lipinski definition) is 7. The van der Waals surface area contributed by atoms with Gasteiger partial charge in [0.1, 0.15) is 15.9 Å². The molecule has 1 unspecified atom stereocenters. The number of likely N-dealkylation sites (N-methyl/N-ethyl adjacent to an activating group) is 2. The Morgan fingerprint density at radius 2 is 1.90 bits per heavy atom. The summed E-state index contributed by atoms with van der Waals surface area (Å²) >= 11 is 1.02. The summed E-state index contributed by atoms with van der Waals surface area (Å²) in [6.45, 7) is 1.73. The minimum absolute atomic E-state index is 0.113. The highest BCUT2D eigenvalue weighted by molar-refractivity contribution is 7.89. The van der Waals surface area contributed by atoms with E-state index in [1.807, 2.05) is 7.05 Å². The largest absolute Gasteiger partial charge is 0.347 e. The van der Waals surface area contributed by atoms with Crippen LogP contribution in [-0.2, 0) is 14.8 Å². The predicted octanol–water partition coefficient (Wildman–Crippen LogP) is 1.64. The lowest BCUT2D eigenvalue weighted by Gasteiger charge is -2.52. The second kappa shape index (κ2) is 7.57. The molecule has 10 heteroatoms. The van der Waals surface area contributed by atoms with E-state index in [0.717, 1.165) is 31.1 Å². The summed E-state index contributed by atoms with van der Waals surface area (Å²) in [5.74, 6) is 0.113. The van der Waals surface area contributed by atoms with Crippen LogP contribution in [0.5, 0.6) is 0 Å². The molecule has 1 aromatic heterocycles. The lowest BCUT2D eigenvalue weighted by molar-refractivity contribution is -0.143. The Morgan fingerprint density at radius 3 is 2.59 bits per heavy atom. The first-order valence-electron chi connectivity index (χ1n) is 9.89. The second-order valence-electron chi connectivity index (χ2n) is 8.37. The minimum atomic E-state index is -3.65. The van der Waals surface area contributed by atoms with E-state index in [1.54, 1.807) is 41.5 Å². The van der Waals surface area contributed by atoms with E-state index in [-0.39, 0.29) is 22.3 Å². The van der Waals surface area contributed by atoms with Crippen molar-refractivity contribution in [2.45, 2.75) is 36.6 Å². The summed E-state index contributed by atoms with van der Waals surface area (Å²) in [4.78, 5) is 17.0. The number of likely N-dealkylation sites (tertiary alicyclic amines) is 1. The third kappa shape index (κ3) is 3.45. The van der Waals surface area contributed by atoms with Crippen LogP contribution in [0.25, 0.3) is 11.0 Å². The quantitative estimate of drug-likeness (QED) is 0.726. The third-order valence-corrected chi connectivity index (χ3v) is 8.94. The summed E-state index contributed by atoms with van der Waals surface area (Å²) < 4.78 is 36.6. The van der Waals surface area contributed by atoms with Gasteiger partial charge in [-0.1, -0.05) is 6.07 Å². The van der Waals surface area contributed by atoms with Crippen LogP contribution in [0, 0.1) is 5.41 Å². The molecule has 2 saturated heterocycles. The molecule has 2 aromatic rings. The van der Waals surface area contributed by atoms with E-state index in [9.17, 15) is 13.2 Å². The number of carbonyl (C=O) groups excluding carboxylic acids is 1. The SMILES string of the molecule is CN(C)C(=O)C1N(C)CCCC12CCN(S(=O)(=O)c1cccc3nsnc13)CC2. The number of sulfonamides is 1. The van der Waals surface area contributed by atoms with Gasteiger partial charge in [0.15, 0.2) is 0 Å². The fourth-order valence-electron chi connectivity index (χ4n) is 4.93. The first-order chi connectivity index (χ1) is 13.8. The monoisotopic (exact) mass is 437 g/mol. The maximum atomic E-state index is 13.3. The van der Waals surface area contributed by atoms with Crippen LogP contribution >= 0.6 is 11.7 Å². The smallest absolute Gasteiger partial charge is 0.245 e. The molecule has 1 atom stereocenters. The number of aromatic nitrogens is 2. The summed E-state index contributed by atoms with van der Waals surface area (Å²) in [7, 11) is 1.94. The Bertz CT molecular complexity index is 1010. The van der Waals surface area contributed by atoms with Crippen LogP contribution < -0.4 is 0 Å². The standard InChI is InChI=1S/C19H27N5O3S2/c1-22(2)18(25)17-19(8-5-11-23(17)3)9-12-24(13-10-19)29(26,27)15-7-4-6-14-16(15)21-28-20-14/h4,6-7,17H,5,8-13H2,1-3H3. The van der Waals surface area contributed by atoms with Crippen molar-refractivity contribution in [3.05, 3.63) is 18.2 Å². The molecule has 0 saturated carbocycles. The van der Waals surface area contributed by atoms with Gasteiger partial charge in [-0.2, -0.15) is 13.1 Å². The maximum Gasteiger partial charge on any atom is 0.245 e. The minimum Gasteiger partial charge on any atom is -0.347 e. The molecule has 1 aromatic carbocycles. The van der Waals surface area contributed by atoms with Crippen LogP contribution in [0.2, 0.25) is 0 Å². The van der Waals surface area contributed by atoms with Crippen molar-refractivity contribution in [2.75, 3.05) is 40.8 Å². The zero-order valence-corrected chi connectivity index (χ0v) is 18.7. The van der Waals surface area contributed by atoms with Crippen molar-refractivity contribution in [3.63, 3.8) is 0 Å². The Kier molecular flexibility index (Phi) is 5.39. The molecule has 1 spiro atoms. The van der Waals surface area contributed by atoms with Crippen LogP contribution in [0.3, 0.4) is 0 Å². The van der Waals surface area contributed by atoms with Gasteiger partial charge in [-0.25, -0.2) is 8.42 Å². The van der Waals surface area contributed by atoms with E-state index in [0.29, 0.717) is 37.0 Å². The van der Waals surface area contributed by atoms with Crippen molar-refractivity contribution < 1.29 is 13.2 Å². The van der Waals surface area contributed by atoms with Crippen molar-refractivity contribution in [3.8, 4) is 0 Å². The Hall–Kier alpha value is -1.62. The average Bonchev–Trinajstić information content (AvgIpc) is 3.16. The summed E-state index contributed by atoms with van der Waals surface area (Å²) in [5, 5.41) is 0. The Morgan fingerprint density at radius 1 is 1.17 bits per heavy atom. The number of carbonyl (C=O) groups is 1. The maximum absolute atomic E-state index is 13.3. The third-order valence-electron chi connectivity index (χ3n) is 6.47.